The second-order valence-electron chi connectivity index (χ2n) is 4.13. The molecule has 0 aliphatic carbocycles. The molecule has 1 aromatic rings. The van der Waals surface area contributed by atoms with Gasteiger partial charge in [0.25, 0.3) is 0 Å². The van der Waals surface area contributed by atoms with Crippen LogP contribution >= 0.6 is 0 Å². The lowest BCUT2D eigenvalue weighted by Gasteiger charge is -2.11. The van der Waals surface area contributed by atoms with Gasteiger partial charge in [-0.25, -0.2) is 4.79 Å². The number of hydrogen-bond acceptors (Lipinski definition) is 5. The molecule has 0 atom stereocenters. The van der Waals surface area contributed by atoms with E-state index in [1.165, 1.54) is 6.08 Å². The lowest BCUT2D eigenvalue weighted by Crippen LogP contribution is -2.08. The van der Waals surface area contributed by atoms with E-state index in [1.54, 1.807) is 38.5 Å². The molecule has 0 aromatic heterocycles. The van der Waals surface area contributed by atoms with Gasteiger partial charge in [0.05, 0.1) is 20.3 Å². The van der Waals surface area contributed by atoms with Crippen LogP contribution in [0.5, 0.6) is 11.5 Å². The Balaban J connectivity index is 2.65. The number of carbonyl (C=O) groups is 1. The SMILES string of the molecule is COCCOCOc1cc(C=CC=CC(=O)O)ccc1OC. The van der Waals surface area contributed by atoms with Crippen LogP contribution in [0.1, 0.15) is 5.56 Å². The Bertz CT molecular complexity index is 521. The molecule has 0 spiro atoms. The van der Waals surface area contributed by atoms with Gasteiger partial charge in [0, 0.05) is 13.2 Å². The van der Waals surface area contributed by atoms with Gasteiger partial charge in [-0.1, -0.05) is 24.3 Å². The molecular formula is C16H20O6. The summed E-state index contributed by atoms with van der Waals surface area (Å²) in [6.45, 7) is 1.03. The highest BCUT2D eigenvalue weighted by Crippen LogP contribution is 2.28. The number of methoxy groups -OCH3 is 2. The van der Waals surface area contributed by atoms with Gasteiger partial charge in [-0.15, -0.1) is 0 Å². The number of allylic oxidation sites excluding steroid dienone is 2. The molecule has 0 heterocycles. The summed E-state index contributed by atoms with van der Waals surface area (Å²) < 4.78 is 20.8. The number of benzene rings is 1. The first-order valence-electron chi connectivity index (χ1n) is 6.62. The number of aliphatic carboxylic acids is 1. The lowest BCUT2D eigenvalue weighted by atomic mass is 10.2. The maximum atomic E-state index is 10.4. The van der Waals surface area contributed by atoms with Crippen molar-refractivity contribution in [2.75, 3.05) is 34.2 Å². The Kier molecular flexibility index (Phi) is 8.40. The largest absolute Gasteiger partial charge is 0.493 e. The molecule has 0 saturated heterocycles. The number of carboxylic acids is 1. The molecule has 0 aliphatic heterocycles. The molecule has 0 fully saturated rings. The highest BCUT2D eigenvalue weighted by Gasteiger charge is 2.04. The molecule has 1 rings (SSSR count). The lowest BCUT2D eigenvalue weighted by molar-refractivity contribution is -0.131. The second-order valence-corrected chi connectivity index (χ2v) is 4.13. The fourth-order valence-corrected chi connectivity index (χ4v) is 1.52. The molecular weight excluding hydrogens is 288 g/mol. The minimum Gasteiger partial charge on any atom is -0.493 e. The highest BCUT2D eigenvalue weighted by molar-refractivity contribution is 5.80. The van der Waals surface area contributed by atoms with Crippen LogP contribution < -0.4 is 9.47 Å². The maximum Gasteiger partial charge on any atom is 0.328 e. The van der Waals surface area contributed by atoms with Crippen molar-refractivity contribution < 1.29 is 28.8 Å². The molecule has 120 valence electrons. The average Bonchev–Trinajstić information content (AvgIpc) is 2.51. The summed E-state index contributed by atoms with van der Waals surface area (Å²) in [6.07, 6.45) is 5.90. The van der Waals surface area contributed by atoms with Crippen molar-refractivity contribution in [3.63, 3.8) is 0 Å². The number of carboxylic acid groups (broad SMARTS) is 1. The van der Waals surface area contributed by atoms with Crippen molar-refractivity contribution >= 4 is 12.0 Å². The van der Waals surface area contributed by atoms with E-state index in [0.717, 1.165) is 11.6 Å². The summed E-state index contributed by atoms with van der Waals surface area (Å²) in [4.78, 5) is 10.4. The molecule has 0 unspecified atom stereocenters. The third-order valence-electron chi connectivity index (χ3n) is 2.56. The normalized spacial score (nSPS) is 11.2. The average molecular weight is 308 g/mol. The van der Waals surface area contributed by atoms with Gasteiger partial charge in [0.15, 0.2) is 18.3 Å². The van der Waals surface area contributed by atoms with Gasteiger partial charge >= 0.3 is 5.97 Å². The van der Waals surface area contributed by atoms with E-state index in [4.69, 9.17) is 24.1 Å². The van der Waals surface area contributed by atoms with Crippen molar-refractivity contribution in [1.82, 2.24) is 0 Å². The topological polar surface area (TPSA) is 74.2 Å². The Morgan fingerprint density at radius 2 is 2.00 bits per heavy atom. The minimum atomic E-state index is -0.989. The van der Waals surface area contributed by atoms with Gasteiger partial charge in [-0.05, 0) is 17.7 Å². The van der Waals surface area contributed by atoms with Gasteiger partial charge < -0.3 is 24.1 Å². The van der Waals surface area contributed by atoms with E-state index in [-0.39, 0.29) is 6.79 Å². The van der Waals surface area contributed by atoms with E-state index in [9.17, 15) is 4.79 Å². The van der Waals surface area contributed by atoms with E-state index >= 15 is 0 Å². The summed E-state index contributed by atoms with van der Waals surface area (Å²) >= 11 is 0. The monoisotopic (exact) mass is 308 g/mol. The third-order valence-corrected chi connectivity index (χ3v) is 2.56. The molecule has 0 radical (unpaired) electrons. The molecule has 0 saturated carbocycles. The van der Waals surface area contributed by atoms with Crippen LogP contribution in [0.2, 0.25) is 0 Å². The van der Waals surface area contributed by atoms with Gasteiger partial charge in [-0.3, -0.25) is 0 Å². The first-order chi connectivity index (χ1) is 10.7. The standard InChI is InChI=1S/C16H20O6/c1-19-9-10-21-12-22-15-11-13(7-8-14(15)20-2)5-3-4-6-16(17)18/h3-8,11H,9-10,12H2,1-2H3,(H,17,18). The van der Waals surface area contributed by atoms with E-state index in [0.29, 0.717) is 24.7 Å². The molecule has 1 N–H and O–H groups in total. The Morgan fingerprint density at radius 3 is 2.68 bits per heavy atom. The van der Waals surface area contributed by atoms with Gasteiger partial charge in [0.1, 0.15) is 0 Å². The summed E-state index contributed by atoms with van der Waals surface area (Å²) in [5, 5.41) is 8.50. The summed E-state index contributed by atoms with van der Waals surface area (Å²) in [5.74, 6) is 0.148. The van der Waals surface area contributed by atoms with Crippen LogP contribution in [0, 0.1) is 0 Å². The van der Waals surface area contributed by atoms with Crippen LogP contribution in [-0.4, -0.2) is 45.3 Å². The predicted molar refractivity (Wildman–Crippen MR) is 82.1 cm³/mol. The molecule has 1 aromatic carbocycles. The summed E-state index contributed by atoms with van der Waals surface area (Å²) in [5.41, 5.74) is 0.850. The zero-order valence-electron chi connectivity index (χ0n) is 12.7. The predicted octanol–water partition coefficient (Wildman–Crippen LogP) is 2.35. The smallest absolute Gasteiger partial charge is 0.328 e. The number of hydrogen-bond donors (Lipinski definition) is 1. The summed E-state index contributed by atoms with van der Waals surface area (Å²) in [6, 6.07) is 5.39. The van der Waals surface area contributed by atoms with E-state index in [2.05, 4.69) is 0 Å². The van der Waals surface area contributed by atoms with Crippen molar-refractivity contribution in [2.45, 2.75) is 0 Å². The van der Waals surface area contributed by atoms with Crippen LogP contribution in [-0.2, 0) is 14.3 Å². The molecule has 6 heteroatoms. The van der Waals surface area contributed by atoms with E-state index < -0.39 is 5.97 Å². The third kappa shape index (κ3) is 6.92. The van der Waals surface area contributed by atoms with Crippen molar-refractivity contribution in [3.8, 4) is 11.5 Å². The van der Waals surface area contributed by atoms with Crippen LogP contribution in [0.25, 0.3) is 6.08 Å². The van der Waals surface area contributed by atoms with Crippen LogP contribution in [0.3, 0.4) is 0 Å². The zero-order valence-corrected chi connectivity index (χ0v) is 12.7. The van der Waals surface area contributed by atoms with Crippen molar-refractivity contribution in [2.24, 2.45) is 0 Å². The molecule has 0 bridgehead atoms. The molecule has 0 amide bonds. The first kappa shape index (κ1) is 17.7. The van der Waals surface area contributed by atoms with E-state index in [1.807, 2.05) is 6.07 Å². The molecule has 6 nitrogen and oxygen atoms in total. The van der Waals surface area contributed by atoms with Crippen LogP contribution in [0.15, 0.2) is 36.4 Å². The fraction of sp³-hybridized carbons (Fsp3) is 0.312. The quantitative estimate of drug-likeness (QED) is 0.309. The minimum absolute atomic E-state index is 0.0891. The Morgan fingerprint density at radius 1 is 1.18 bits per heavy atom. The fourth-order valence-electron chi connectivity index (χ4n) is 1.52. The Hall–Kier alpha value is -2.31. The number of ether oxygens (including phenoxy) is 4. The summed E-state index contributed by atoms with van der Waals surface area (Å²) in [7, 11) is 3.15. The van der Waals surface area contributed by atoms with Gasteiger partial charge in [-0.2, -0.15) is 0 Å². The van der Waals surface area contributed by atoms with Crippen molar-refractivity contribution in [3.05, 3.63) is 42.0 Å². The highest BCUT2D eigenvalue weighted by atomic mass is 16.7. The molecule has 0 aliphatic rings. The number of rotatable bonds is 10. The maximum absolute atomic E-state index is 10.4. The first-order valence-corrected chi connectivity index (χ1v) is 6.62. The molecule has 22 heavy (non-hydrogen) atoms. The van der Waals surface area contributed by atoms with Crippen LogP contribution in [0.4, 0.5) is 0 Å². The van der Waals surface area contributed by atoms with Gasteiger partial charge in [0.2, 0.25) is 0 Å². The second kappa shape index (κ2) is 10.4. The van der Waals surface area contributed by atoms with Crippen molar-refractivity contribution in [1.29, 1.82) is 0 Å². The Labute approximate surface area is 129 Å². The zero-order chi connectivity index (χ0) is 16.2.